The molecule has 0 saturated carbocycles. The zero-order valence-corrected chi connectivity index (χ0v) is 14.0. The van der Waals surface area contributed by atoms with E-state index in [-0.39, 0.29) is 5.91 Å². The molecule has 2 aromatic heterocycles. The SMILES string of the molecule is O=C(CCc1cccs1)Nc1ccccc1Sc1nncs1. The average molecular weight is 347 g/mol. The van der Waals surface area contributed by atoms with Crippen molar-refractivity contribution >= 4 is 46.0 Å². The summed E-state index contributed by atoms with van der Waals surface area (Å²) in [6.45, 7) is 0. The summed E-state index contributed by atoms with van der Waals surface area (Å²) in [6.07, 6.45) is 1.26. The molecule has 0 fully saturated rings. The minimum absolute atomic E-state index is 0.0266. The van der Waals surface area contributed by atoms with E-state index in [1.165, 1.54) is 28.0 Å². The van der Waals surface area contributed by atoms with Crippen LogP contribution in [0.2, 0.25) is 0 Å². The summed E-state index contributed by atoms with van der Waals surface area (Å²) in [5.41, 5.74) is 2.52. The van der Waals surface area contributed by atoms with Crippen LogP contribution in [0.15, 0.2) is 56.5 Å². The molecule has 4 nitrogen and oxygen atoms in total. The summed E-state index contributed by atoms with van der Waals surface area (Å²) in [4.78, 5) is 14.3. The fourth-order valence-electron chi connectivity index (χ4n) is 1.86. The normalized spacial score (nSPS) is 10.5. The number of rotatable bonds is 6. The van der Waals surface area contributed by atoms with Crippen molar-refractivity contribution in [3.63, 3.8) is 0 Å². The predicted octanol–water partition coefficient (Wildman–Crippen LogP) is 4.32. The van der Waals surface area contributed by atoms with Crippen molar-refractivity contribution in [2.75, 3.05) is 5.32 Å². The fourth-order valence-corrected chi connectivity index (χ4v) is 4.09. The van der Waals surface area contributed by atoms with Gasteiger partial charge in [0.2, 0.25) is 5.91 Å². The van der Waals surface area contributed by atoms with Crippen molar-refractivity contribution in [1.82, 2.24) is 10.2 Å². The highest BCUT2D eigenvalue weighted by Crippen LogP contribution is 2.33. The first kappa shape index (κ1) is 15.2. The third kappa shape index (κ3) is 4.16. The summed E-state index contributed by atoms with van der Waals surface area (Å²) >= 11 is 4.67. The van der Waals surface area contributed by atoms with E-state index in [1.54, 1.807) is 16.8 Å². The number of hydrogen-bond donors (Lipinski definition) is 1. The molecular formula is C15H13N3OS3. The lowest BCUT2D eigenvalue weighted by atomic mass is 10.2. The van der Waals surface area contributed by atoms with Gasteiger partial charge in [0.15, 0.2) is 4.34 Å². The van der Waals surface area contributed by atoms with Crippen LogP contribution in [-0.4, -0.2) is 16.1 Å². The zero-order valence-electron chi connectivity index (χ0n) is 11.6. The van der Waals surface area contributed by atoms with Gasteiger partial charge in [-0.1, -0.05) is 41.3 Å². The van der Waals surface area contributed by atoms with Crippen LogP contribution in [0.1, 0.15) is 11.3 Å². The molecule has 1 N–H and O–H groups in total. The van der Waals surface area contributed by atoms with Gasteiger partial charge < -0.3 is 5.32 Å². The molecule has 0 saturated heterocycles. The lowest BCUT2D eigenvalue weighted by Crippen LogP contribution is -2.12. The molecule has 0 aliphatic carbocycles. The average Bonchev–Trinajstić information content (AvgIpc) is 3.20. The van der Waals surface area contributed by atoms with E-state index in [1.807, 2.05) is 35.7 Å². The maximum Gasteiger partial charge on any atom is 0.224 e. The van der Waals surface area contributed by atoms with E-state index >= 15 is 0 Å². The van der Waals surface area contributed by atoms with Gasteiger partial charge in [0.05, 0.1) is 5.69 Å². The molecule has 0 bridgehead atoms. The van der Waals surface area contributed by atoms with Crippen LogP contribution < -0.4 is 5.32 Å². The number of aromatic nitrogens is 2. The number of nitrogens with zero attached hydrogens (tertiary/aromatic N) is 2. The van der Waals surface area contributed by atoms with Crippen molar-refractivity contribution < 1.29 is 4.79 Å². The Labute approximate surface area is 140 Å². The largest absolute Gasteiger partial charge is 0.325 e. The second-order valence-corrected chi connectivity index (χ2v) is 7.58. The van der Waals surface area contributed by atoms with Gasteiger partial charge in [-0.3, -0.25) is 4.79 Å². The van der Waals surface area contributed by atoms with E-state index in [9.17, 15) is 4.79 Å². The number of carbonyl (C=O) groups excluding carboxylic acids is 1. The first-order valence-corrected chi connectivity index (χ1v) is 9.24. The van der Waals surface area contributed by atoms with Crippen LogP contribution in [0.5, 0.6) is 0 Å². The minimum atomic E-state index is 0.0266. The Hall–Kier alpha value is -1.70. The summed E-state index contributed by atoms with van der Waals surface area (Å²) in [5.74, 6) is 0.0266. The van der Waals surface area contributed by atoms with Gasteiger partial charge in [-0.05, 0) is 30.0 Å². The number of benzene rings is 1. The van der Waals surface area contributed by atoms with Crippen LogP contribution in [-0.2, 0) is 11.2 Å². The third-order valence-corrected chi connectivity index (χ3v) is 5.67. The Morgan fingerprint density at radius 1 is 1.18 bits per heavy atom. The number of nitrogens with one attached hydrogen (secondary N) is 1. The van der Waals surface area contributed by atoms with Crippen molar-refractivity contribution in [2.45, 2.75) is 22.1 Å². The lowest BCUT2D eigenvalue weighted by molar-refractivity contribution is -0.116. The maximum atomic E-state index is 12.1. The highest BCUT2D eigenvalue weighted by Gasteiger charge is 2.09. The number of aryl methyl sites for hydroxylation is 1. The Bertz CT molecular complexity index is 726. The van der Waals surface area contributed by atoms with Crippen molar-refractivity contribution in [1.29, 1.82) is 0 Å². The minimum Gasteiger partial charge on any atom is -0.325 e. The standard InChI is InChI=1S/C15H13N3OS3/c19-14(8-7-11-4-3-9-20-11)17-12-5-1-2-6-13(12)22-15-18-16-10-21-15/h1-6,9-10H,7-8H2,(H,17,19). The molecule has 112 valence electrons. The van der Waals surface area contributed by atoms with Crippen LogP contribution in [0.4, 0.5) is 5.69 Å². The van der Waals surface area contributed by atoms with Crippen molar-refractivity contribution in [3.05, 3.63) is 52.2 Å². The molecule has 22 heavy (non-hydrogen) atoms. The van der Waals surface area contributed by atoms with E-state index < -0.39 is 0 Å². The summed E-state index contributed by atoms with van der Waals surface area (Å²) in [6, 6.07) is 11.8. The van der Waals surface area contributed by atoms with Crippen LogP contribution in [0, 0.1) is 0 Å². The van der Waals surface area contributed by atoms with Gasteiger partial charge in [-0.25, -0.2) is 0 Å². The number of anilines is 1. The second-order valence-electron chi connectivity index (χ2n) is 4.43. The quantitative estimate of drug-likeness (QED) is 0.721. The van der Waals surface area contributed by atoms with E-state index in [0.717, 1.165) is 21.3 Å². The molecule has 0 unspecified atom stereocenters. The van der Waals surface area contributed by atoms with Gasteiger partial charge in [-0.15, -0.1) is 21.5 Å². The number of thiophene rings is 1. The molecule has 3 aromatic rings. The first-order chi connectivity index (χ1) is 10.8. The van der Waals surface area contributed by atoms with Gasteiger partial charge in [0.1, 0.15) is 5.51 Å². The number of carbonyl (C=O) groups is 1. The zero-order chi connectivity index (χ0) is 15.2. The highest BCUT2D eigenvalue weighted by atomic mass is 32.2. The smallest absolute Gasteiger partial charge is 0.224 e. The van der Waals surface area contributed by atoms with E-state index in [0.29, 0.717) is 6.42 Å². The highest BCUT2D eigenvalue weighted by molar-refractivity contribution is 8.01. The summed E-state index contributed by atoms with van der Waals surface area (Å²) in [7, 11) is 0. The van der Waals surface area contributed by atoms with E-state index in [4.69, 9.17) is 0 Å². The Kier molecular flexibility index (Phi) is 5.20. The third-order valence-electron chi connectivity index (χ3n) is 2.88. The molecule has 0 spiro atoms. The number of amides is 1. The monoisotopic (exact) mass is 347 g/mol. The van der Waals surface area contributed by atoms with Gasteiger partial charge in [-0.2, -0.15) is 0 Å². The molecule has 0 aliphatic heterocycles. The van der Waals surface area contributed by atoms with Gasteiger partial charge in [0.25, 0.3) is 0 Å². The molecule has 0 atom stereocenters. The number of para-hydroxylation sites is 1. The summed E-state index contributed by atoms with van der Waals surface area (Å²) in [5, 5.41) is 12.9. The molecule has 0 aliphatic rings. The molecule has 3 rings (SSSR count). The maximum absolute atomic E-state index is 12.1. The Balaban J connectivity index is 1.63. The summed E-state index contributed by atoms with van der Waals surface area (Å²) < 4.78 is 0.861. The molecule has 7 heteroatoms. The van der Waals surface area contributed by atoms with Crippen molar-refractivity contribution in [2.24, 2.45) is 0 Å². The first-order valence-electron chi connectivity index (χ1n) is 6.66. The molecular weight excluding hydrogens is 334 g/mol. The number of hydrogen-bond acceptors (Lipinski definition) is 6. The topological polar surface area (TPSA) is 54.9 Å². The van der Waals surface area contributed by atoms with Gasteiger partial charge >= 0.3 is 0 Å². The Morgan fingerprint density at radius 2 is 2.09 bits per heavy atom. The van der Waals surface area contributed by atoms with Crippen molar-refractivity contribution in [3.8, 4) is 0 Å². The van der Waals surface area contributed by atoms with Crippen LogP contribution >= 0.6 is 34.4 Å². The second kappa shape index (κ2) is 7.53. The molecule has 0 radical (unpaired) electrons. The molecule has 1 amide bonds. The molecule has 1 aromatic carbocycles. The Morgan fingerprint density at radius 3 is 2.86 bits per heavy atom. The van der Waals surface area contributed by atoms with Crippen LogP contribution in [0.3, 0.4) is 0 Å². The van der Waals surface area contributed by atoms with Gasteiger partial charge in [0, 0.05) is 16.2 Å². The predicted molar refractivity (Wildman–Crippen MR) is 91.7 cm³/mol. The fraction of sp³-hybridized carbons (Fsp3) is 0.133. The van der Waals surface area contributed by atoms with E-state index in [2.05, 4.69) is 21.6 Å². The lowest BCUT2D eigenvalue weighted by Gasteiger charge is -2.09. The van der Waals surface area contributed by atoms with Crippen LogP contribution in [0.25, 0.3) is 0 Å². The molecule has 2 heterocycles.